The SMILES string of the molecule is CCCCC(CC)C(=O)N(CC)c1ccccc1. The molecule has 0 saturated heterocycles. The summed E-state index contributed by atoms with van der Waals surface area (Å²) >= 11 is 0. The van der Waals surface area contributed by atoms with Gasteiger partial charge >= 0.3 is 0 Å². The Labute approximate surface area is 111 Å². The van der Waals surface area contributed by atoms with Gasteiger partial charge in [0.1, 0.15) is 0 Å². The fourth-order valence-electron chi connectivity index (χ4n) is 2.25. The van der Waals surface area contributed by atoms with Gasteiger partial charge in [0.25, 0.3) is 0 Å². The van der Waals surface area contributed by atoms with Gasteiger partial charge in [-0.05, 0) is 31.9 Å². The van der Waals surface area contributed by atoms with Crippen LogP contribution in [0.2, 0.25) is 0 Å². The molecule has 1 amide bonds. The highest BCUT2D eigenvalue weighted by Gasteiger charge is 2.22. The lowest BCUT2D eigenvalue weighted by Crippen LogP contribution is -2.36. The van der Waals surface area contributed by atoms with Gasteiger partial charge in [-0.3, -0.25) is 4.79 Å². The van der Waals surface area contributed by atoms with Gasteiger partial charge in [0, 0.05) is 18.2 Å². The summed E-state index contributed by atoms with van der Waals surface area (Å²) in [5.41, 5.74) is 1.01. The average molecular weight is 247 g/mol. The molecule has 2 heteroatoms. The van der Waals surface area contributed by atoms with E-state index in [9.17, 15) is 4.79 Å². The van der Waals surface area contributed by atoms with Crippen LogP contribution in [0.5, 0.6) is 0 Å². The van der Waals surface area contributed by atoms with Crippen LogP contribution in [0, 0.1) is 5.92 Å². The maximum Gasteiger partial charge on any atom is 0.230 e. The monoisotopic (exact) mass is 247 g/mol. The number of hydrogen-bond acceptors (Lipinski definition) is 1. The second kappa shape index (κ2) is 7.91. The van der Waals surface area contributed by atoms with Crippen LogP contribution in [0.15, 0.2) is 30.3 Å². The summed E-state index contributed by atoms with van der Waals surface area (Å²) in [7, 11) is 0. The number of carbonyl (C=O) groups is 1. The van der Waals surface area contributed by atoms with Gasteiger partial charge in [-0.15, -0.1) is 0 Å². The normalized spacial score (nSPS) is 12.2. The predicted molar refractivity (Wildman–Crippen MR) is 77.8 cm³/mol. The molecule has 0 aliphatic carbocycles. The van der Waals surface area contributed by atoms with Crippen LogP contribution >= 0.6 is 0 Å². The molecule has 1 atom stereocenters. The van der Waals surface area contributed by atoms with E-state index in [4.69, 9.17) is 0 Å². The third kappa shape index (κ3) is 3.86. The van der Waals surface area contributed by atoms with Gasteiger partial charge < -0.3 is 4.90 Å². The van der Waals surface area contributed by atoms with Crippen molar-refractivity contribution in [1.29, 1.82) is 0 Å². The fourth-order valence-corrected chi connectivity index (χ4v) is 2.25. The molecule has 100 valence electrons. The van der Waals surface area contributed by atoms with E-state index in [0.717, 1.165) is 37.9 Å². The molecule has 0 bridgehead atoms. The highest BCUT2D eigenvalue weighted by Crippen LogP contribution is 2.21. The number of benzene rings is 1. The van der Waals surface area contributed by atoms with Crippen molar-refractivity contribution in [3.63, 3.8) is 0 Å². The van der Waals surface area contributed by atoms with Crippen molar-refractivity contribution in [1.82, 2.24) is 0 Å². The highest BCUT2D eigenvalue weighted by molar-refractivity contribution is 5.94. The van der Waals surface area contributed by atoms with Crippen LogP contribution in [0.3, 0.4) is 0 Å². The van der Waals surface area contributed by atoms with Gasteiger partial charge in [0.05, 0.1) is 0 Å². The lowest BCUT2D eigenvalue weighted by molar-refractivity contribution is -0.122. The van der Waals surface area contributed by atoms with E-state index in [1.54, 1.807) is 0 Å². The summed E-state index contributed by atoms with van der Waals surface area (Å²) in [4.78, 5) is 14.4. The molecule has 0 saturated carbocycles. The van der Waals surface area contributed by atoms with E-state index in [1.165, 1.54) is 0 Å². The van der Waals surface area contributed by atoms with E-state index in [-0.39, 0.29) is 11.8 Å². The molecule has 0 spiro atoms. The first kappa shape index (κ1) is 14.7. The first-order valence-corrected chi connectivity index (χ1v) is 7.10. The minimum Gasteiger partial charge on any atom is -0.312 e. The Balaban J connectivity index is 2.78. The summed E-state index contributed by atoms with van der Waals surface area (Å²) in [5, 5.41) is 0. The molecule has 1 rings (SSSR count). The zero-order valence-corrected chi connectivity index (χ0v) is 11.9. The van der Waals surface area contributed by atoms with Crippen LogP contribution in [-0.4, -0.2) is 12.5 Å². The number of carbonyl (C=O) groups excluding carboxylic acids is 1. The summed E-state index contributed by atoms with van der Waals surface area (Å²) < 4.78 is 0. The first-order chi connectivity index (χ1) is 8.74. The van der Waals surface area contributed by atoms with Crippen molar-refractivity contribution < 1.29 is 4.79 Å². The molecular weight excluding hydrogens is 222 g/mol. The van der Waals surface area contributed by atoms with Crippen molar-refractivity contribution in [3.8, 4) is 0 Å². The van der Waals surface area contributed by atoms with Gasteiger partial charge in [-0.1, -0.05) is 44.9 Å². The molecule has 1 aromatic rings. The van der Waals surface area contributed by atoms with E-state index in [0.29, 0.717) is 0 Å². The zero-order chi connectivity index (χ0) is 13.4. The molecule has 1 aromatic carbocycles. The Kier molecular flexibility index (Phi) is 6.48. The largest absolute Gasteiger partial charge is 0.312 e. The molecule has 18 heavy (non-hydrogen) atoms. The van der Waals surface area contributed by atoms with Crippen LogP contribution in [0.25, 0.3) is 0 Å². The molecule has 0 radical (unpaired) electrons. The maximum atomic E-state index is 12.5. The Bertz CT molecular complexity index is 347. The lowest BCUT2D eigenvalue weighted by Gasteiger charge is -2.26. The minimum absolute atomic E-state index is 0.171. The van der Waals surface area contributed by atoms with Gasteiger partial charge in [0.15, 0.2) is 0 Å². The van der Waals surface area contributed by atoms with Gasteiger partial charge in [-0.2, -0.15) is 0 Å². The molecule has 0 N–H and O–H groups in total. The number of para-hydroxylation sites is 1. The number of unbranched alkanes of at least 4 members (excludes halogenated alkanes) is 1. The average Bonchev–Trinajstić information content (AvgIpc) is 2.42. The standard InChI is InChI=1S/C16H25NO/c1-4-7-11-14(5-2)16(18)17(6-3)15-12-9-8-10-13-15/h8-10,12-14H,4-7,11H2,1-3H3. The summed E-state index contributed by atoms with van der Waals surface area (Å²) in [6.45, 7) is 7.06. The van der Waals surface area contributed by atoms with E-state index >= 15 is 0 Å². The quantitative estimate of drug-likeness (QED) is 0.705. The zero-order valence-electron chi connectivity index (χ0n) is 11.9. The first-order valence-electron chi connectivity index (χ1n) is 7.10. The molecule has 1 unspecified atom stereocenters. The molecule has 0 heterocycles. The Hall–Kier alpha value is -1.31. The number of rotatable bonds is 7. The summed E-state index contributed by atoms with van der Waals surface area (Å²) in [6, 6.07) is 9.97. The van der Waals surface area contributed by atoms with Crippen molar-refractivity contribution >= 4 is 11.6 Å². The number of hydrogen-bond donors (Lipinski definition) is 0. The van der Waals surface area contributed by atoms with E-state index in [1.807, 2.05) is 42.2 Å². The number of nitrogens with zero attached hydrogens (tertiary/aromatic N) is 1. The molecule has 2 nitrogen and oxygen atoms in total. The van der Waals surface area contributed by atoms with Gasteiger partial charge in [-0.25, -0.2) is 0 Å². The Morgan fingerprint density at radius 3 is 2.33 bits per heavy atom. The lowest BCUT2D eigenvalue weighted by atomic mass is 9.97. The third-order valence-electron chi connectivity index (χ3n) is 3.40. The molecule has 0 aliphatic rings. The third-order valence-corrected chi connectivity index (χ3v) is 3.40. The number of amides is 1. The number of anilines is 1. The minimum atomic E-state index is 0.171. The molecule has 0 aromatic heterocycles. The highest BCUT2D eigenvalue weighted by atomic mass is 16.2. The summed E-state index contributed by atoms with van der Waals surface area (Å²) in [5.74, 6) is 0.449. The predicted octanol–water partition coefficient (Wildman–Crippen LogP) is 4.26. The Morgan fingerprint density at radius 2 is 1.83 bits per heavy atom. The molecular formula is C16H25NO. The topological polar surface area (TPSA) is 20.3 Å². The fraction of sp³-hybridized carbons (Fsp3) is 0.562. The van der Waals surface area contributed by atoms with E-state index in [2.05, 4.69) is 13.8 Å². The smallest absolute Gasteiger partial charge is 0.230 e. The van der Waals surface area contributed by atoms with E-state index < -0.39 is 0 Å². The summed E-state index contributed by atoms with van der Waals surface area (Å²) in [6.07, 6.45) is 4.23. The van der Waals surface area contributed by atoms with Crippen molar-refractivity contribution in [3.05, 3.63) is 30.3 Å². The Morgan fingerprint density at radius 1 is 1.17 bits per heavy atom. The second-order valence-corrected chi connectivity index (χ2v) is 4.67. The maximum absolute atomic E-state index is 12.5. The molecule has 0 fully saturated rings. The van der Waals surface area contributed by atoms with Crippen LogP contribution in [-0.2, 0) is 4.79 Å². The van der Waals surface area contributed by atoms with Crippen molar-refractivity contribution in [2.24, 2.45) is 5.92 Å². The van der Waals surface area contributed by atoms with Crippen LogP contribution < -0.4 is 4.90 Å². The molecule has 0 aliphatic heterocycles. The second-order valence-electron chi connectivity index (χ2n) is 4.67. The van der Waals surface area contributed by atoms with Crippen LogP contribution in [0.1, 0.15) is 46.5 Å². The van der Waals surface area contributed by atoms with Gasteiger partial charge in [0.2, 0.25) is 5.91 Å². The van der Waals surface area contributed by atoms with Crippen molar-refractivity contribution in [2.75, 3.05) is 11.4 Å². The van der Waals surface area contributed by atoms with Crippen molar-refractivity contribution in [2.45, 2.75) is 46.5 Å². The van der Waals surface area contributed by atoms with Crippen LogP contribution in [0.4, 0.5) is 5.69 Å².